The summed E-state index contributed by atoms with van der Waals surface area (Å²) in [5.41, 5.74) is 2.08. The minimum atomic E-state index is 0.00277. The highest BCUT2D eigenvalue weighted by Gasteiger charge is 2.22. The van der Waals surface area contributed by atoms with E-state index in [9.17, 15) is 4.79 Å². The Balaban J connectivity index is 1.66. The largest absolute Gasteiger partial charge is 0.354 e. The van der Waals surface area contributed by atoms with Crippen molar-refractivity contribution in [3.05, 3.63) is 52.3 Å². The second kappa shape index (κ2) is 7.41. The van der Waals surface area contributed by atoms with Crippen molar-refractivity contribution < 1.29 is 4.79 Å². The molecule has 126 valence electrons. The number of hydrogen-bond donors (Lipinski definition) is 1. The number of carbonyl (C=O) groups is 1. The van der Waals surface area contributed by atoms with E-state index in [0.717, 1.165) is 37.3 Å². The summed E-state index contributed by atoms with van der Waals surface area (Å²) in [6, 6.07) is 8.91. The molecule has 0 spiro atoms. The van der Waals surface area contributed by atoms with Crippen LogP contribution < -0.4 is 5.32 Å². The number of aromatic nitrogens is 1. The SMILES string of the molecule is CC1CCN(C(=O)c2ccc(Nc3ccc(Cl)c(Cl)c3)cn2)CC1. The van der Waals surface area contributed by atoms with Gasteiger partial charge in [-0.05, 0) is 49.1 Å². The molecule has 1 fully saturated rings. The lowest BCUT2D eigenvalue weighted by Gasteiger charge is -2.30. The predicted molar refractivity (Wildman–Crippen MR) is 98.3 cm³/mol. The van der Waals surface area contributed by atoms with Gasteiger partial charge in [0.15, 0.2) is 0 Å². The molecule has 1 aromatic carbocycles. The fourth-order valence-corrected chi connectivity index (χ4v) is 3.01. The van der Waals surface area contributed by atoms with Crippen molar-refractivity contribution >= 4 is 40.5 Å². The van der Waals surface area contributed by atoms with Crippen molar-refractivity contribution in [3.63, 3.8) is 0 Å². The lowest BCUT2D eigenvalue weighted by molar-refractivity contribution is 0.0691. The monoisotopic (exact) mass is 363 g/mol. The van der Waals surface area contributed by atoms with Gasteiger partial charge in [-0.3, -0.25) is 4.79 Å². The summed E-state index contributed by atoms with van der Waals surface area (Å²) >= 11 is 11.9. The van der Waals surface area contributed by atoms with Gasteiger partial charge in [0.25, 0.3) is 5.91 Å². The molecule has 1 aliphatic heterocycles. The number of likely N-dealkylation sites (tertiary alicyclic amines) is 1. The van der Waals surface area contributed by atoms with Crippen LogP contribution in [0.5, 0.6) is 0 Å². The predicted octanol–water partition coefficient (Wildman–Crippen LogP) is 5.00. The van der Waals surface area contributed by atoms with Gasteiger partial charge in [-0.25, -0.2) is 4.98 Å². The van der Waals surface area contributed by atoms with Gasteiger partial charge in [-0.15, -0.1) is 0 Å². The topological polar surface area (TPSA) is 45.2 Å². The van der Waals surface area contributed by atoms with Gasteiger partial charge in [-0.1, -0.05) is 30.1 Å². The maximum atomic E-state index is 12.5. The van der Waals surface area contributed by atoms with Crippen molar-refractivity contribution in [2.45, 2.75) is 19.8 Å². The standard InChI is InChI=1S/C18H19Cl2N3O/c1-12-6-8-23(9-7-12)18(24)17-5-3-14(11-21-17)22-13-2-4-15(19)16(20)10-13/h2-5,10-12,22H,6-9H2,1H3. The molecule has 0 bridgehead atoms. The summed E-state index contributed by atoms with van der Waals surface area (Å²) in [4.78, 5) is 18.6. The first-order valence-corrected chi connectivity index (χ1v) is 8.76. The minimum absolute atomic E-state index is 0.00277. The molecule has 0 aliphatic carbocycles. The van der Waals surface area contributed by atoms with Crippen LogP contribution in [0.1, 0.15) is 30.3 Å². The number of amides is 1. The highest BCUT2D eigenvalue weighted by Crippen LogP contribution is 2.27. The Bertz CT molecular complexity index is 726. The van der Waals surface area contributed by atoms with Gasteiger partial charge in [-0.2, -0.15) is 0 Å². The number of hydrogen-bond acceptors (Lipinski definition) is 3. The molecule has 0 atom stereocenters. The third-order valence-electron chi connectivity index (χ3n) is 4.26. The maximum absolute atomic E-state index is 12.5. The number of halogens is 2. The number of benzene rings is 1. The number of piperidine rings is 1. The van der Waals surface area contributed by atoms with E-state index in [4.69, 9.17) is 23.2 Å². The average Bonchev–Trinajstić information content (AvgIpc) is 2.59. The lowest BCUT2D eigenvalue weighted by atomic mass is 9.99. The smallest absolute Gasteiger partial charge is 0.272 e. The van der Waals surface area contributed by atoms with Gasteiger partial charge < -0.3 is 10.2 Å². The molecule has 0 radical (unpaired) electrons. The molecule has 1 aromatic heterocycles. The molecule has 6 heteroatoms. The number of pyridine rings is 1. The third-order valence-corrected chi connectivity index (χ3v) is 5.00. The number of rotatable bonds is 3. The summed E-state index contributed by atoms with van der Waals surface area (Å²) in [7, 11) is 0. The normalized spacial score (nSPS) is 15.4. The molecule has 3 rings (SSSR count). The van der Waals surface area contributed by atoms with Crippen LogP contribution >= 0.6 is 23.2 Å². The summed E-state index contributed by atoms with van der Waals surface area (Å²) in [6.07, 6.45) is 3.77. The van der Waals surface area contributed by atoms with E-state index < -0.39 is 0 Å². The zero-order valence-corrected chi connectivity index (χ0v) is 14.9. The fourth-order valence-electron chi connectivity index (χ4n) is 2.71. The van der Waals surface area contributed by atoms with E-state index in [1.165, 1.54) is 0 Å². The third kappa shape index (κ3) is 4.00. The van der Waals surface area contributed by atoms with E-state index in [-0.39, 0.29) is 5.91 Å². The van der Waals surface area contributed by atoms with Crippen LogP contribution in [0.25, 0.3) is 0 Å². The molecular formula is C18H19Cl2N3O. The van der Waals surface area contributed by atoms with Gasteiger partial charge in [0.1, 0.15) is 5.69 Å². The van der Waals surface area contributed by atoms with Crippen LogP contribution in [0.15, 0.2) is 36.5 Å². The molecule has 0 saturated carbocycles. The minimum Gasteiger partial charge on any atom is -0.354 e. The van der Waals surface area contributed by atoms with E-state index in [1.807, 2.05) is 17.0 Å². The van der Waals surface area contributed by atoms with E-state index in [2.05, 4.69) is 17.2 Å². The van der Waals surface area contributed by atoms with Crippen LogP contribution in [0.2, 0.25) is 10.0 Å². The van der Waals surface area contributed by atoms with Crippen LogP contribution in [-0.2, 0) is 0 Å². The molecule has 1 aliphatic rings. The molecule has 0 unspecified atom stereocenters. The van der Waals surface area contributed by atoms with E-state index in [1.54, 1.807) is 24.4 Å². The number of carbonyl (C=O) groups excluding carboxylic acids is 1. The lowest BCUT2D eigenvalue weighted by Crippen LogP contribution is -2.38. The zero-order valence-electron chi connectivity index (χ0n) is 13.4. The van der Waals surface area contributed by atoms with Crippen LogP contribution in [0.3, 0.4) is 0 Å². The molecule has 1 N–H and O–H groups in total. The number of nitrogens with one attached hydrogen (secondary N) is 1. The first-order chi connectivity index (χ1) is 11.5. The van der Waals surface area contributed by atoms with Gasteiger partial charge in [0.05, 0.1) is 21.9 Å². The molecule has 2 aromatic rings. The first kappa shape index (κ1) is 17.1. The zero-order chi connectivity index (χ0) is 17.1. The molecule has 1 saturated heterocycles. The summed E-state index contributed by atoms with van der Waals surface area (Å²) in [5.74, 6) is 0.697. The number of anilines is 2. The maximum Gasteiger partial charge on any atom is 0.272 e. The van der Waals surface area contributed by atoms with Crippen molar-refractivity contribution in [2.24, 2.45) is 5.92 Å². The summed E-state index contributed by atoms with van der Waals surface area (Å²) in [5, 5.41) is 4.19. The molecule has 1 amide bonds. The number of nitrogens with zero attached hydrogens (tertiary/aromatic N) is 2. The van der Waals surface area contributed by atoms with Crippen LogP contribution in [-0.4, -0.2) is 28.9 Å². The molecular weight excluding hydrogens is 345 g/mol. The molecule has 4 nitrogen and oxygen atoms in total. The first-order valence-electron chi connectivity index (χ1n) is 8.00. The fraction of sp³-hybridized carbons (Fsp3) is 0.333. The quantitative estimate of drug-likeness (QED) is 0.833. The van der Waals surface area contributed by atoms with Crippen molar-refractivity contribution in [2.75, 3.05) is 18.4 Å². The van der Waals surface area contributed by atoms with Gasteiger partial charge in [0, 0.05) is 18.8 Å². The summed E-state index contributed by atoms with van der Waals surface area (Å²) in [6.45, 7) is 3.85. The Labute approximate surface area is 151 Å². The Hall–Kier alpha value is -1.78. The Morgan fingerprint density at radius 3 is 2.46 bits per heavy atom. The van der Waals surface area contributed by atoms with E-state index >= 15 is 0 Å². The van der Waals surface area contributed by atoms with E-state index in [0.29, 0.717) is 21.7 Å². The second-order valence-electron chi connectivity index (χ2n) is 6.16. The Morgan fingerprint density at radius 2 is 1.83 bits per heavy atom. The molecule has 24 heavy (non-hydrogen) atoms. The van der Waals surface area contributed by atoms with Gasteiger partial charge >= 0.3 is 0 Å². The van der Waals surface area contributed by atoms with Crippen molar-refractivity contribution in [3.8, 4) is 0 Å². The van der Waals surface area contributed by atoms with Crippen molar-refractivity contribution in [1.82, 2.24) is 9.88 Å². The highest BCUT2D eigenvalue weighted by molar-refractivity contribution is 6.42. The van der Waals surface area contributed by atoms with Crippen LogP contribution in [0.4, 0.5) is 11.4 Å². The van der Waals surface area contributed by atoms with Crippen LogP contribution in [0, 0.1) is 5.92 Å². The van der Waals surface area contributed by atoms with Gasteiger partial charge in [0.2, 0.25) is 0 Å². The Morgan fingerprint density at radius 1 is 1.12 bits per heavy atom. The molecule has 2 heterocycles. The average molecular weight is 364 g/mol. The summed E-state index contributed by atoms with van der Waals surface area (Å²) < 4.78 is 0. The second-order valence-corrected chi connectivity index (χ2v) is 6.98. The Kier molecular flexibility index (Phi) is 5.27. The van der Waals surface area contributed by atoms with Crippen molar-refractivity contribution in [1.29, 1.82) is 0 Å². The highest BCUT2D eigenvalue weighted by atomic mass is 35.5.